The van der Waals surface area contributed by atoms with Crippen molar-refractivity contribution in [3.63, 3.8) is 0 Å². The third kappa shape index (κ3) is 4.40. The van der Waals surface area contributed by atoms with E-state index in [9.17, 15) is 10.1 Å². The molecule has 138 valence electrons. The Labute approximate surface area is 155 Å². The minimum Gasteiger partial charge on any atom is -0.497 e. The normalized spacial score (nSPS) is 10.1. The predicted molar refractivity (Wildman–Crippen MR) is 101 cm³/mol. The van der Waals surface area contributed by atoms with Gasteiger partial charge in [0.25, 0.3) is 0 Å². The molecule has 0 saturated carbocycles. The number of benzene rings is 2. The average molecular weight is 367 g/mol. The molecule has 3 aromatic rings. The smallest absolute Gasteiger partial charge is 0.329 e. The lowest BCUT2D eigenvalue weighted by Crippen LogP contribution is -2.04. The molecule has 0 unspecified atom stereocenters. The maximum absolute atomic E-state index is 11.3. The van der Waals surface area contributed by atoms with Crippen LogP contribution in [0.25, 0.3) is 0 Å². The Balaban J connectivity index is 1.85. The van der Waals surface area contributed by atoms with Gasteiger partial charge in [-0.25, -0.2) is 4.98 Å². The van der Waals surface area contributed by atoms with Crippen LogP contribution in [0.15, 0.2) is 54.7 Å². The predicted octanol–water partition coefficient (Wildman–Crippen LogP) is 3.89. The minimum atomic E-state index is -0.539. The van der Waals surface area contributed by atoms with Crippen molar-refractivity contribution in [2.24, 2.45) is 0 Å². The van der Waals surface area contributed by atoms with Crippen LogP contribution in [0.2, 0.25) is 0 Å². The van der Waals surface area contributed by atoms with Crippen molar-refractivity contribution >= 4 is 28.8 Å². The van der Waals surface area contributed by atoms with Crippen LogP contribution in [0.3, 0.4) is 0 Å². The van der Waals surface area contributed by atoms with E-state index in [1.54, 1.807) is 62.8 Å². The fourth-order valence-electron chi connectivity index (χ4n) is 2.28. The second kappa shape index (κ2) is 8.00. The van der Waals surface area contributed by atoms with Gasteiger partial charge in [-0.3, -0.25) is 10.1 Å². The van der Waals surface area contributed by atoms with Crippen LogP contribution in [0, 0.1) is 10.1 Å². The van der Waals surface area contributed by atoms with E-state index in [0.717, 1.165) is 11.9 Å². The molecular formula is C18H17N5O4. The summed E-state index contributed by atoms with van der Waals surface area (Å²) in [4.78, 5) is 19.0. The zero-order valence-corrected chi connectivity index (χ0v) is 14.7. The van der Waals surface area contributed by atoms with Gasteiger partial charge in [0.05, 0.1) is 19.1 Å². The van der Waals surface area contributed by atoms with E-state index in [1.807, 2.05) is 0 Å². The molecule has 0 aliphatic rings. The third-order valence-electron chi connectivity index (χ3n) is 3.67. The summed E-state index contributed by atoms with van der Waals surface area (Å²) < 4.78 is 10.2. The first kappa shape index (κ1) is 17.9. The number of rotatable bonds is 7. The first-order chi connectivity index (χ1) is 13.1. The summed E-state index contributed by atoms with van der Waals surface area (Å²) in [6.07, 6.45) is 1.16. The molecule has 0 bridgehead atoms. The first-order valence-corrected chi connectivity index (χ1v) is 7.92. The summed E-state index contributed by atoms with van der Waals surface area (Å²) in [5, 5.41) is 17.2. The Morgan fingerprint density at radius 3 is 1.89 bits per heavy atom. The molecule has 1 aromatic heterocycles. The van der Waals surface area contributed by atoms with Gasteiger partial charge in [0, 0.05) is 11.4 Å². The summed E-state index contributed by atoms with van der Waals surface area (Å²) in [5.74, 6) is 1.70. The summed E-state index contributed by atoms with van der Waals surface area (Å²) in [6, 6.07) is 14.1. The monoisotopic (exact) mass is 367 g/mol. The second-order valence-corrected chi connectivity index (χ2v) is 5.39. The number of anilines is 4. The Bertz CT molecular complexity index is 929. The van der Waals surface area contributed by atoms with Crippen LogP contribution in [-0.4, -0.2) is 29.1 Å². The number of nitrogens with zero attached hydrogens (tertiary/aromatic N) is 3. The Morgan fingerprint density at radius 2 is 1.41 bits per heavy atom. The molecule has 0 radical (unpaired) electrons. The number of nitrogens with one attached hydrogen (secondary N) is 2. The topological polar surface area (TPSA) is 111 Å². The minimum absolute atomic E-state index is 0.0798. The average Bonchev–Trinajstić information content (AvgIpc) is 2.69. The molecule has 9 heteroatoms. The van der Waals surface area contributed by atoms with Crippen molar-refractivity contribution in [3.8, 4) is 11.5 Å². The van der Waals surface area contributed by atoms with Crippen LogP contribution < -0.4 is 20.1 Å². The van der Waals surface area contributed by atoms with Gasteiger partial charge in [0.1, 0.15) is 17.7 Å². The number of nitro groups is 1. The van der Waals surface area contributed by atoms with Crippen LogP contribution in [0.5, 0.6) is 11.5 Å². The second-order valence-electron chi connectivity index (χ2n) is 5.39. The lowest BCUT2D eigenvalue weighted by molar-refractivity contribution is -0.384. The molecule has 0 saturated heterocycles. The number of aromatic nitrogens is 2. The summed E-state index contributed by atoms with van der Waals surface area (Å²) >= 11 is 0. The van der Waals surface area contributed by atoms with Crippen molar-refractivity contribution in [2.45, 2.75) is 0 Å². The molecule has 0 amide bonds. The Morgan fingerprint density at radius 1 is 0.889 bits per heavy atom. The fourth-order valence-corrected chi connectivity index (χ4v) is 2.28. The SMILES string of the molecule is COc1ccc(Nc2ncc([N+](=O)[O-])c(Nc3ccc(OC)cc3)n2)cc1. The molecule has 2 N–H and O–H groups in total. The van der Waals surface area contributed by atoms with Crippen LogP contribution in [0.4, 0.5) is 28.8 Å². The van der Waals surface area contributed by atoms with Gasteiger partial charge in [-0.15, -0.1) is 0 Å². The molecular weight excluding hydrogens is 350 g/mol. The van der Waals surface area contributed by atoms with Crippen LogP contribution in [0.1, 0.15) is 0 Å². The van der Waals surface area contributed by atoms with Gasteiger partial charge in [-0.2, -0.15) is 4.98 Å². The Hall–Kier alpha value is -3.88. The van der Waals surface area contributed by atoms with Gasteiger partial charge in [0.2, 0.25) is 11.8 Å². The molecule has 0 aliphatic carbocycles. The molecule has 1 heterocycles. The lowest BCUT2D eigenvalue weighted by atomic mass is 10.3. The number of hydrogen-bond donors (Lipinski definition) is 2. The van der Waals surface area contributed by atoms with E-state index < -0.39 is 4.92 Å². The molecule has 2 aromatic carbocycles. The van der Waals surface area contributed by atoms with Gasteiger partial charge in [-0.05, 0) is 48.5 Å². The Kier molecular flexibility index (Phi) is 5.31. The van der Waals surface area contributed by atoms with Crippen molar-refractivity contribution < 1.29 is 14.4 Å². The largest absolute Gasteiger partial charge is 0.497 e. The highest BCUT2D eigenvalue weighted by molar-refractivity contribution is 5.67. The number of ether oxygens (including phenoxy) is 2. The molecule has 3 rings (SSSR count). The highest BCUT2D eigenvalue weighted by Gasteiger charge is 2.18. The fraction of sp³-hybridized carbons (Fsp3) is 0.111. The van der Waals surface area contributed by atoms with Gasteiger partial charge < -0.3 is 20.1 Å². The molecule has 9 nitrogen and oxygen atoms in total. The van der Waals surface area contributed by atoms with E-state index in [2.05, 4.69) is 20.6 Å². The quantitative estimate of drug-likeness (QED) is 0.478. The third-order valence-corrected chi connectivity index (χ3v) is 3.67. The zero-order chi connectivity index (χ0) is 19.2. The van der Waals surface area contributed by atoms with Gasteiger partial charge >= 0.3 is 5.69 Å². The summed E-state index contributed by atoms with van der Waals surface area (Å²) in [5.41, 5.74) is 1.12. The van der Waals surface area contributed by atoms with Crippen molar-refractivity contribution in [1.82, 2.24) is 9.97 Å². The molecule has 0 fully saturated rings. The number of hydrogen-bond acceptors (Lipinski definition) is 8. The molecule has 0 aliphatic heterocycles. The van der Waals surface area contributed by atoms with E-state index in [4.69, 9.17) is 9.47 Å². The highest BCUT2D eigenvalue weighted by atomic mass is 16.6. The molecule has 27 heavy (non-hydrogen) atoms. The zero-order valence-electron chi connectivity index (χ0n) is 14.7. The van der Waals surface area contributed by atoms with Crippen LogP contribution in [-0.2, 0) is 0 Å². The van der Waals surface area contributed by atoms with Gasteiger partial charge in [-0.1, -0.05) is 0 Å². The van der Waals surface area contributed by atoms with E-state index >= 15 is 0 Å². The molecule has 0 spiro atoms. The molecule has 0 atom stereocenters. The summed E-state index contributed by atoms with van der Waals surface area (Å²) in [6.45, 7) is 0. The lowest BCUT2D eigenvalue weighted by Gasteiger charge is -2.10. The van der Waals surface area contributed by atoms with E-state index in [-0.39, 0.29) is 17.5 Å². The number of methoxy groups -OCH3 is 2. The van der Waals surface area contributed by atoms with E-state index in [0.29, 0.717) is 17.2 Å². The standard InChI is InChI=1S/C18H17N5O4/c1-26-14-7-3-12(4-8-14)20-17-16(23(24)25)11-19-18(22-17)21-13-5-9-15(27-2)10-6-13/h3-11H,1-2H3,(H2,19,20,21,22). The van der Waals surface area contributed by atoms with Crippen molar-refractivity contribution in [1.29, 1.82) is 0 Å². The first-order valence-electron chi connectivity index (χ1n) is 7.92. The van der Waals surface area contributed by atoms with Crippen molar-refractivity contribution in [3.05, 3.63) is 64.8 Å². The maximum Gasteiger partial charge on any atom is 0.329 e. The highest BCUT2D eigenvalue weighted by Crippen LogP contribution is 2.28. The maximum atomic E-state index is 11.3. The summed E-state index contributed by atoms with van der Waals surface area (Å²) in [7, 11) is 3.15. The van der Waals surface area contributed by atoms with Gasteiger partial charge in [0.15, 0.2) is 0 Å². The van der Waals surface area contributed by atoms with Crippen LogP contribution >= 0.6 is 0 Å². The van der Waals surface area contributed by atoms with E-state index in [1.165, 1.54) is 0 Å². The van der Waals surface area contributed by atoms with Crippen molar-refractivity contribution in [2.75, 3.05) is 24.9 Å².